The van der Waals surface area contributed by atoms with Crippen LogP contribution in [0.3, 0.4) is 0 Å². The van der Waals surface area contributed by atoms with Crippen molar-refractivity contribution in [3.05, 3.63) is 53.3 Å². The summed E-state index contributed by atoms with van der Waals surface area (Å²) >= 11 is 7.43. The Labute approximate surface area is 131 Å². The smallest absolute Gasteiger partial charge is 0.234 e. The van der Waals surface area contributed by atoms with Crippen LogP contribution >= 0.6 is 23.4 Å². The van der Waals surface area contributed by atoms with Gasteiger partial charge in [-0.1, -0.05) is 11.6 Å². The molecular formula is C15H14ClFN2OS. The number of anilines is 3. The van der Waals surface area contributed by atoms with Crippen molar-refractivity contribution in [2.75, 3.05) is 22.6 Å². The molecule has 2 N–H and O–H groups in total. The number of rotatable bonds is 5. The van der Waals surface area contributed by atoms with Crippen molar-refractivity contribution in [1.82, 2.24) is 0 Å². The van der Waals surface area contributed by atoms with Gasteiger partial charge in [-0.15, -0.1) is 0 Å². The van der Waals surface area contributed by atoms with E-state index in [-0.39, 0.29) is 11.7 Å². The molecule has 21 heavy (non-hydrogen) atoms. The van der Waals surface area contributed by atoms with Gasteiger partial charge in [-0.2, -0.15) is 11.8 Å². The van der Waals surface area contributed by atoms with Crippen LogP contribution < -0.4 is 10.6 Å². The second-order valence-electron chi connectivity index (χ2n) is 4.30. The highest BCUT2D eigenvalue weighted by molar-refractivity contribution is 7.99. The fourth-order valence-electron chi connectivity index (χ4n) is 1.73. The number of amides is 1. The van der Waals surface area contributed by atoms with Crippen LogP contribution in [0.25, 0.3) is 0 Å². The van der Waals surface area contributed by atoms with E-state index in [2.05, 4.69) is 10.6 Å². The van der Waals surface area contributed by atoms with Crippen molar-refractivity contribution < 1.29 is 9.18 Å². The molecule has 3 nitrogen and oxygen atoms in total. The number of carbonyl (C=O) groups is 1. The molecule has 0 unspecified atom stereocenters. The lowest BCUT2D eigenvalue weighted by Gasteiger charge is -2.13. The van der Waals surface area contributed by atoms with Crippen molar-refractivity contribution in [1.29, 1.82) is 0 Å². The molecule has 0 atom stereocenters. The van der Waals surface area contributed by atoms with Gasteiger partial charge in [0.15, 0.2) is 0 Å². The van der Waals surface area contributed by atoms with Crippen LogP contribution in [-0.4, -0.2) is 17.9 Å². The van der Waals surface area contributed by atoms with Crippen LogP contribution in [0.5, 0.6) is 0 Å². The average molecular weight is 325 g/mol. The van der Waals surface area contributed by atoms with E-state index >= 15 is 0 Å². The molecule has 0 bridgehead atoms. The number of benzene rings is 2. The summed E-state index contributed by atoms with van der Waals surface area (Å²) in [6, 6.07) is 11.1. The Hall–Kier alpha value is -1.72. The van der Waals surface area contributed by atoms with Gasteiger partial charge in [0.1, 0.15) is 5.82 Å². The number of nitrogens with one attached hydrogen (secondary N) is 2. The lowest BCUT2D eigenvalue weighted by atomic mass is 10.2. The fraction of sp³-hybridized carbons (Fsp3) is 0.133. The lowest BCUT2D eigenvalue weighted by Crippen LogP contribution is -2.14. The third-order valence-corrected chi connectivity index (χ3v) is 3.44. The Morgan fingerprint density at radius 2 is 1.90 bits per heavy atom. The van der Waals surface area contributed by atoms with Crippen molar-refractivity contribution >= 4 is 46.3 Å². The van der Waals surface area contributed by atoms with Gasteiger partial charge in [0.05, 0.1) is 17.1 Å². The minimum absolute atomic E-state index is 0.0908. The molecule has 0 saturated carbocycles. The number of hydrogen-bond donors (Lipinski definition) is 2. The van der Waals surface area contributed by atoms with Crippen LogP contribution in [0.2, 0.25) is 5.02 Å². The third-order valence-electron chi connectivity index (χ3n) is 2.65. The Balaban J connectivity index is 2.22. The first-order chi connectivity index (χ1) is 10.1. The van der Waals surface area contributed by atoms with Gasteiger partial charge in [0.25, 0.3) is 0 Å². The van der Waals surface area contributed by atoms with Crippen LogP contribution in [0, 0.1) is 5.82 Å². The molecule has 6 heteroatoms. The number of carbonyl (C=O) groups excluding carboxylic acids is 1. The Morgan fingerprint density at radius 3 is 2.57 bits per heavy atom. The van der Waals surface area contributed by atoms with E-state index in [1.54, 1.807) is 30.3 Å². The van der Waals surface area contributed by atoms with E-state index in [0.29, 0.717) is 27.8 Å². The summed E-state index contributed by atoms with van der Waals surface area (Å²) in [6.07, 6.45) is 1.86. The normalized spacial score (nSPS) is 10.2. The molecule has 0 spiro atoms. The largest absolute Gasteiger partial charge is 0.354 e. The lowest BCUT2D eigenvalue weighted by molar-refractivity contribution is -0.113. The zero-order valence-corrected chi connectivity index (χ0v) is 12.9. The summed E-state index contributed by atoms with van der Waals surface area (Å²) in [5.41, 5.74) is 1.99. The molecule has 0 aliphatic heterocycles. The zero-order chi connectivity index (χ0) is 15.2. The maximum atomic E-state index is 12.9. The standard InChI is InChI=1S/C15H14ClFN2OS/c1-21-9-15(20)19-13-7-2-10(16)8-14(13)18-12-5-3-11(17)4-6-12/h2-8,18H,9H2,1H3,(H,19,20). The van der Waals surface area contributed by atoms with Gasteiger partial charge in [-0.3, -0.25) is 4.79 Å². The van der Waals surface area contributed by atoms with Gasteiger partial charge >= 0.3 is 0 Å². The van der Waals surface area contributed by atoms with E-state index in [1.165, 1.54) is 23.9 Å². The van der Waals surface area contributed by atoms with Gasteiger partial charge in [0.2, 0.25) is 5.91 Å². The number of thioether (sulfide) groups is 1. The summed E-state index contributed by atoms with van der Waals surface area (Å²) in [7, 11) is 0. The van der Waals surface area contributed by atoms with Crippen molar-refractivity contribution in [2.45, 2.75) is 0 Å². The summed E-state index contributed by atoms with van der Waals surface area (Å²) in [5, 5.41) is 6.47. The first-order valence-corrected chi connectivity index (χ1v) is 7.96. The first-order valence-electron chi connectivity index (χ1n) is 6.19. The predicted molar refractivity (Wildman–Crippen MR) is 88.1 cm³/mol. The van der Waals surface area contributed by atoms with E-state index < -0.39 is 0 Å². The molecule has 0 heterocycles. The maximum Gasteiger partial charge on any atom is 0.234 e. The molecule has 0 radical (unpaired) electrons. The Kier molecular flexibility index (Phi) is 5.47. The molecule has 2 aromatic rings. The van der Waals surface area contributed by atoms with Crippen LogP contribution in [0.1, 0.15) is 0 Å². The van der Waals surface area contributed by atoms with Crippen molar-refractivity contribution in [3.63, 3.8) is 0 Å². The topological polar surface area (TPSA) is 41.1 Å². The summed E-state index contributed by atoms with van der Waals surface area (Å²) in [4.78, 5) is 11.7. The van der Waals surface area contributed by atoms with E-state index in [0.717, 1.165) is 0 Å². The molecule has 0 aliphatic rings. The third kappa shape index (κ3) is 4.65. The van der Waals surface area contributed by atoms with Gasteiger partial charge in [-0.25, -0.2) is 4.39 Å². The van der Waals surface area contributed by atoms with Crippen LogP contribution in [-0.2, 0) is 4.79 Å². The van der Waals surface area contributed by atoms with Crippen LogP contribution in [0.4, 0.5) is 21.5 Å². The summed E-state index contributed by atoms with van der Waals surface area (Å²) in [5.74, 6) is -0.0226. The van der Waals surface area contributed by atoms with E-state index in [9.17, 15) is 9.18 Å². The minimum atomic E-state index is -0.305. The first kappa shape index (κ1) is 15.7. The Bertz CT molecular complexity index is 634. The zero-order valence-electron chi connectivity index (χ0n) is 11.3. The van der Waals surface area contributed by atoms with Crippen molar-refractivity contribution in [2.24, 2.45) is 0 Å². The summed E-state index contributed by atoms with van der Waals surface area (Å²) in [6.45, 7) is 0. The number of halogens is 2. The quantitative estimate of drug-likeness (QED) is 0.849. The highest BCUT2D eigenvalue weighted by Gasteiger charge is 2.08. The van der Waals surface area contributed by atoms with Gasteiger partial charge in [-0.05, 0) is 48.7 Å². The molecule has 110 valence electrons. The highest BCUT2D eigenvalue weighted by atomic mass is 35.5. The molecule has 0 aliphatic carbocycles. The Morgan fingerprint density at radius 1 is 1.19 bits per heavy atom. The van der Waals surface area contributed by atoms with Gasteiger partial charge < -0.3 is 10.6 Å². The fourth-order valence-corrected chi connectivity index (χ4v) is 2.24. The predicted octanol–water partition coefficient (Wildman–Crippen LogP) is 4.52. The molecular weight excluding hydrogens is 311 g/mol. The molecule has 0 fully saturated rings. The van der Waals surface area contributed by atoms with Crippen LogP contribution in [0.15, 0.2) is 42.5 Å². The van der Waals surface area contributed by atoms with E-state index in [1.807, 2.05) is 6.26 Å². The molecule has 1 amide bonds. The number of hydrogen-bond acceptors (Lipinski definition) is 3. The summed E-state index contributed by atoms with van der Waals surface area (Å²) < 4.78 is 12.9. The highest BCUT2D eigenvalue weighted by Crippen LogP contribution is 2.29. The monoisotopic (exact) mass is 324 g/mol. The van der Waals surface area contributed by atoms with E-state index in [4.69, 9.17) is 11.6 Å². The SMILES string of the molecule is CSCC(=O)Nc1ccc(Cl)cc1Nc1ccc(F)cc1. The molecule has 2 aromatic carbocycles. The molecule has 0 aromatic heterocycles. The molecule has 2 rings (SSSR count). The second-order valence-corrected chi connectivity index (χ2v) is 5.61. The van der Waals surface area contributed by atoms with Gasteiger partial charge in [0, 0.05) is 10.7 Å². The second kappa shape index (κ2) is 7.33. The average Bonchev–Trinajstić information content (AvgIpc) is 2.45. The maximum absolute atomic E-state index is 12.9. The minimum Gasteiger partial charge on any atom is -0.354 e. The van der Waals surface area contributed by atoms with Crippen molar-refractivity contribution in [3.8, 4) is 0 Å². The molecule has 0 saturated heterocycles.